The van der Waals surface area contributed by atoms with Gasteiger partial charge < -0.3 is 4.74 Å². The maximum Gasteiger partial charge on any atom is 0.573 e. The van der Waals surface area contributed by atoms with Crippen molar-refractivity contribution in [2.24, 2.45) is 0 Å². The molecule has 0 saturated carbocycles. The molecular weight excluding hydrogens is 265 g/mol. The zero-order chi connectivity index (χ0) is 13.2. The fraction of sp³-hybridized carbons (Fsp3) is 0.385. The number of hydrogen-bond acceptors (Lipinski definition) is 1. The monoisotopic (exact) mass is 276 g/mol. The van der Waals surface area contributed by atoms with Crippen molar-refractivity contribution in [2.45, 2.75) is 31.0 Å². The third-order valence-electron chi connectivity index (χ3n) is 2.75. The van der Waals surface area contributed by atoms with Gasteiger partial charge in [0, 0.05) is 0 Å². The topological polar surface area (TPSA) is 9.23 Å². The van der Waals surface area contributed by atoms with Crippen molar-refractivity contribution in [2.75, 3.05) is 0 Å². The summed E-state index contributed by atoms with van der Waals surface area (Å²) in [5.41, 5.74) is 1.72. The Bertz CT molecular complexity index is 454. The van der Waals surface area contributed by atoms with E-state index < -0.39 is 6.36 Å². The standard InChI is InChI=1S/C13H12ClF3O/c14-11-5-1-3-9(7-11)10-4-2-6-12(8-10)18-13(15,16)17/h2,4,6-8,11H,1,3,5H2. The maximum atomic E-state index is 12.1. The highest BCUT2D eigenvalue weighted by atomic mass is 35.5. The first kappa shape index (κ1) is 13.3. The molecular formula is C13H12ClF3O. The minimum Gasteiger partial charge on any atom is -0.406 e. The Morgan fingerprint density at radius 1 is 1.28 bits per heavy atom. The largest absolute Gasteiger partial charge is 0.573 e. The van der Waals surface area contributed by atoms with E-state index in [2.05, 4.69) is 4.74 Å². The number of ether oxygens (including phenoxy) is 1. The normalized spacial score (nSPS) is 20.4. The molecule has 5 heteroatoms. The lowest BCUT2D eigenvalue weighted by Crippen LogP contribution is -2.17. The molecule has 0 N–H and O–H groups in total. The van der Waals surface area contributed by atoms with Crippen LogP contribution in [-0.4, -0.2) is 11.7 Å². The van der Waals surface area contributed by atoms with E-state index in [4.69, 9.17) is 11.6 Å². The number of allylic oxidation sites excluding steroid dienone is 2. The summed E-state index contributed by atoms with van der Waals surface area (Å²) in [5.74, 6) is -0.197. The number of alkyl halides is 4. The fourth-order valence-electron chi connectivity index (χ4n) is 2.01. The van der Waals surface area contributed by atoms with Gasteiger partial charge >= 0.3 is 6.36 Å². The quantitative estimate of drug-likeness (QED) is 0.708. The van der Waals surface area contributed by atoms with E-state index in [-0.39, 0.29) is 11.1 Å². The van der Waals surface area contributed by atoms with Gasteiger partial charge in [-0.05, 0) is 42.5 Å². The van der Waals surface area contributed by atoms with Gasteiger partial charge in [0.25, 0.3) is 0 Å². The summed E-state index contributed by atoms with van der Waals surface area (Å²) in [7, 11) is 0. The van der Waals surface area contributed by atoms with Gasteiger partial charge in [0.15, 0.2) is 0 Å². The van der Waals surface area contributed by atoms with Crippen molar-refractivity contribution in [3.05, 3.63) is 35.9 Å². The van der Waals surface area contributed by atoms with Gasteiger partial charge in [-0.25, -0.2) is 0 Å². The summed E-state index contributed by atoms with van der Waals surface area (Å²) in [5, 5.41) is -0.0408. The number of benzene rings is 1. The zero-order valence-corrected chi connectivity index (χ0v) is 10.3. The molecule has 18 heavy (non-hydrogen) atoms. The minimum atomic E-state index is -4.66. The van der Waals surface area contributed by atoms with Crippen LogP contribution in [0.15, 0.2) is 30.3 Å². The second-order valence-corrected chi connectivity index (χ2v) is 4.74. The highest BCUT2D eigenvalue weighted by Crippen LogP contribution is 2.32. The minimum absolute atomic E-state index is 0.0408. The van der Waals surface area contributed by atoms with E-state index in [9.17, 15) is 13.2 Å². The smallest absolute Gasteiger partial charge is 0.406 e. The molecule has 1 aromatic rings. The summed E-state index contributed by atoms with van der Waals surface area (Å²) in [4.78, 5) is 0. The number of rotatable bonds is 2. The second-order valence-electron chi connectivity index (χ2n) is 4.18. The van der Waals surface area contributed by atoms with Crippen LogP contribution in [-0.2, 0) is 0 Å². The van der Waals surface area contributed by atoms with Gasteiger partial charge in [0.1, 0.15) is 5.75 Å². The summed E-state index contributed by atoms with van der Waals surface area (Å²) in [6.45, 7) is 0. The predicted octanol–water partition coefficient (Wildman–Crippen LogP) is 4.76. The molecule has 98 valence electrons. The van der Waals surface area contributed by atoms with Crippen molar-refractivity contribution in [1.29, 1.82) is 0 Å². The van der Waals surface area contributed by atoms with E-state index in [1.54, 1.807) is 12.1 Å². The predicted molar refractivity (Wildman–Crippen MR) is 64.6 cm³/mol. The van der Waals surface area contributed by atoms with E-state index in [1.807, 2.05) is 6.08 Å². The van der Waals surface area contributed by atoms with E-state index in [1.165, 1.54) is 12.1 Å². The Kier molecular flexibility index (Phi) is 3.85. The first-order chi connectivity index (χ1) is 8.44. The van der Waals surface area contributed by atoms with Crippen molar-refractivity contribution in [1.82, 2.24) is 0 Å². The Labute approximate surface area is 108 Å². The SMILES string of the molecule is FC(F)(F)Oc1cccc(C2=CC(Cl)CCC2)c1. The fourth-order valence-corrected chi connectivity index (χ4v) is 2.31. The molecule has 2 rings (SSSR count). The maximum absolute atomic E-state index is 12.1. The summed E-state index contributed by atoms with van der Waals surface area (Å²) in [6.07, 6.45) is -0.0702. The molecule has 0 heterocycles. The van der Waals surface area contributed by atoms with Crippen LogP contribution in [0.4, 0.5) is 13.2 Å². The molecule has 0 bridgehead atoms. The Balaban J connectivity index is 2.22. The van der Waals surface area contributed by atoms with Gasteiger partial charge in [-0.3, -0.25) is 0 Å². The van der Waals surface area contributed by atoms with Crippen molar-refractivity contribution in [3.63, 3.8) is 0 Å². The lowest BCUT2D eigenvalue weighted by atomic mass is 9.93. The van der Waals surface area contributed by atoms with Crippen LogP contribution >= 0.6 is 11.6 Å². The van der Waals surface area contributed by atoms with Gasteiger partial charge in [-0.1, -0.05) is 18.2 Å². The highest BCUT2D eigenvalue weighted by molar-refractivity contribution is 6.22. The molecule has 0 saturated heterocycles. The molecule has 0 amide bonds. The third kappa shape index (κ3) is 3.67. The van der Waals surface area contributed by atoms with Crippen LogP contribution in [0.1, 0.15) is 24.8 Å². The molecule has 1 aliphatic rings. The van der Waals surface area contributed by atoms with Gasteiger partial charge in [0.05, 0.1) is 5.38 Å². The van der Waals surface area contributed by atoms with E-state index >= 15 is 0 Å². The van der Waals surface area contributed by atoms with Crippen molar-refractivity contribution in [3.8, 4) is 5.75 Å². The van der Waals surface area contributed by atoms with Crippen LogP contribution in [0, 0.1) is 0 Å². The average molecular weight is 277 g/mol. The van der Waals surface area contributed by atoms with Crippen LogP contribution in [0.25, 0.3) is 5.57 Å². The molecule has 0 aromatic heterocycles. The number of hydrogen-bond donors (Lipinski definition) is 0. The molecule has 0 spiro atoms. The van der Waals surface area contributed by atoms with Crippen molar-refractivity contribution >= 4 is 17.2 Å². The van der Waals surface area contributed by atoms with Crippen LogP contribution in [0.3, 0.4) is 0 Å². The summed E-state index contributed by atoms with van der Waals surface area (Å²) >= 11 is 6.02. The van der Waals surface area contributed by atoms with Crippen LogP contribution < -0.4 is 4.74 Å². The first-order valence-electron chi connectivity index (χ1n) is 5.65. The molecule has 0 fully saturated rings. The van der Waals surface area contributed by atoms with E-state index in [0.29, 0.717) is 0 Å². The van der Waals surface area contributed by atoms with Gasteiger partial charge in [-0.2, -0.15) is 0 Å². The highest BCUT2D eigenvalue weighted by Gasteiger charge is 2.31. The molecule has 1 aromatic carbocycles. The molecule has 0 aliphatic heterocycles. The van der Waals surface area contributed by atoms with Crippen LogP contribution in [0.5, 0.6) is 5.75 Å². The van der Waals surface area contributed by atoms with Crippen LogP contribution in [0.2, 0.25) is 0 Å². The third-order valence-corrected chi connectivity index (χ3v) is 3.09. The lowest BCUT2D eigenvalue weighted by molar-refractivity contribution is -0.274. The van der Waals surface area contributed by atoms with Gasteiger partial charge in [-0.15, -0.1) is 24.8 Å². The lowest BCUT2D eigenvalue weighted by Gasteiger charge is -2.17. The molecule has 1 nitrogen and oxygen atoms in total. The summed E-state index contributed by atoms with van der Waals surface area (Å²) < 4.78 is 40.3. The molecule has 1 aliphatic carbocycles. The average Bonchev–Trinajstić information content (AvgIpc) is 2.27. The Morgan fingerprint density at radius 3 is 2.72 bits per heavy atom. The van der Waals surface area contributed by atoms with Crippen molar-refractivity contribution < 1.29 is 17.9 Å². The summed E-state index contributed by atoms with van der Waals surface area (Å²) in [6, 6.07) is 6.01. The molecule has 1 unspecified atom stereocenters. The van der Waals surface area contributed by atoms with E-state index in [0.717, 1.165) is 30.4 Å². The Hall–Kier alpha value is -1.16. The zero-order valence-electron chi connectivity index (χ0n) is 9.51. The number of halogens is 4. The molecule has 0 radical (unpaired) electrons. The molecule has 1 atom stereocenters. The second kappa shape index (κ2) is 5.22. The first-order valence-corrected chi connectivity index (χ1v) is 6.09. The van der Waals surface area contributed by atoms with Gasteiger partial charge in [0.2, 0.25) is 0 Å². The Morgan fingerprint density at radius 2 is 2.06 bits per heavy atom.